The van der Waals surface area contributed by atoms with Crippen molar-refractivity contribution in [1.82, 2.24) is 0 Å². The summed E-state index contributed by atoms with van der Waals surface area (Å²) in [6.07, 6.45) is 0. The summed E-state index contributed by atoms with van der Waals surface area (Å²) in [5, 5.41) is 11.0. The highest BCUT2D eigenvalue weighted by molar-refractivity contribution is 6.35. The molecular formula is C13H12ClNO2. The Morgan fingerprint density at radius 1 is 1.59 bits per heavy atom. The summed E-state index contributed by atoms with van der Waals surface area (Å²) in [5.41, 5.74) is 2.27. The van der Waals surface area contributed by atoms with Gasteiger partial charge in [-0.2, -0.15) is 0 Å². The van der Waals surface area contributed by atoms with E-state index in [0.29, 0.717) is 21.8 Å². The first-order valence-electron chi connectivity index (χ1n) is 5.11. The number of fused-ring (bicyclic) bond motifs is 1. The number of nitrogens with zero attached hydrogens (tertiary/aromatic N) is 1. The second-order valence-electron chi connectivity index (χ2n) is 4.01. The molecule has 0 spiro atoms. The van der Waals surface area contributed by atoms with E-state index in [-0.39, 0.29) is 0 Å². The Labute approximate surface area is 105 Å². The molecule has 1 N–H and O–H groups in total. The molecule has 0 bridgehead atoms. The van der Waals surface area contributed by atoms with E-state index in [9.17, 15) is 9.90 Å². The van der Waals surface area contributed by atoms with Crippen molar-refractivity contribution in [2.75, 3.05) is 11.9 Å². The van der Waals surface area contributed by atoms with Gasteiger partial charge in [-0.15, -0.1) is 5.73 Å². The maximum Gasteiger partial charge on any atom is 0.268 e. The molecule has 1 heterocycles. The molecule has 0 aliphatic carbocycles. The predicted octanol–water partition coefficient (Wildman–Crippen LogP) is 2.24. The fraction of sp³-hybridized carbons (Fsp3) is 0.231. The van der Waals surface area contributed by atoms with Gasteiger partial charge in [-0.1, -0.05) is 30.3 Å². The van der Waals surface area contributed by atoms with Crippen LogP contribution in [0.2, 0.25) is 5.02 Å². The van der Waals surface area contributed by atoms with Crippen molar-refractivity contribution in [2.45, 2.75) is 12.5 Å². The number of amides is 1. The molecule has 1 aromatic carbocycles. The van der Waals surface area contributed by atoms with E-state index < -0.39 is 11.5 Å². The first-order valence-corrected chi connectivity index (χ1v) is 5.49. The van der Waals surface area contributed by atoms with Crippen LogP contribution in [-0.2, 0) is 10.4 Å². The fourth-order valence-corrected chi connectivity index (χ4v) is 2.40. The Bertz CT molecular complexity index is 561. The standard InChI is InChI=1S/C13H12ClNO2/c1-4-8(2)13(17)9-6-5-7-10(14)11(9)15(3)12(13)16/h5-7,17H,1H2,2-3H3. The van der Waals surface area contributed by atoms with Crippen LogP contribution in [0.25, 0.3) is 0 Å². The van der Waals surface area contributed by atoms with Crippen LogP contribution in [0.4, 0.5) is 5.69 Å². The minimum atomic E-state index is -1.70. The summed E-state index contributed by atoms with van der Waals surface area (Å²) in [6, 6.07) is 5.07. The molecule has 1 aliphatic rings. The molecule has 0 fully saturated rings. The van der Waals surface area contributed by atoms with Crippen molar-refractivity contribution in [3.8, 4) is 0 Å². The van der Waals surface area contributed by atoms with Gasteiger partial charge >= 0.3 is 0 Å². The topological polar surface area (TPSA) is 40.5 Å². The number of hydrogen-bond donors (Lipinski definition) is 1. The van der Waals surface area contributed by atoms with Crippen LogP contribution in [0.15, 0.2) is 36.1 Å². The molecule has 17 heavy (non-hydrogen) atoms. The lowest BCUT2D eigenvalue weighted by atomic mass is 9.89. The predicted molar refractivity (Wildman–Crippen MR) is 67.1 cm³/mol. The lowest BCUT2D eigenvalue weighted by Crippen LogP contribution is -2.39. The number of anilines is 1. The van der Waals surface area contributed by atoms with Crippen LogP contribution in [0, 0.1) is 0 Å². The average molecular weight is 250 g/mol. The van der Waals surface area contributed by atoms with Crippen LogP contribution >= 0.6 is 11.6 Å². The van der Waals surface area contributed by atoms with Crippen molar-refractivity contribution >= 4 is 23.2 Å². The van der Waals surface area contributed by atoms with E-state index in [2.05, 4.69) is 12.3 Å². The van der Waals surface area contributed by atoms with Gasteiger partial charge < -0.3 is 10.0 Å². The molecule has 0 saturated carbocycles. The van der Waals surface area contributed by atoms with Crippen LogP contribution < -0.4 is 4.90 Å². The van der Waals surface area contributed by atoms with Gasteiger partial charge in [0.2, 0.25) is 0 Å². The molecule has 1 aliphatic heterocycles. The Hall–Kier alpha value is -1.54. The molecule has 1 atom stereocenters. The average Bonchev–Trinajstić information content (AvgIpc) is 2.53. The molecule has 3 nitrogen and oxygen atoms in total. The first-order chi connectivity index (χ1) is 7.94. The van der Waals surface area contributed by atoms with E-state index in [0.717, 1.165) is 0 Å². The lowest BCUT2D eigenvalue weighted by molar-refractivity contribution is -0.132. The van der Waals surface area contributed by atoms with Gasteiger partial charge in [-0.05, 0) is 13.0 Å². The van der Waals surface area contributed by atoms with Crippen LogP contribution in [0.5, 0.6) is 0 Å². The zero-order valence-corrected chi connectivity index (χ0v) is 10.4. The van der Waals surface area contributed by atoms with E-state index in [1.165, 1.54) is 4.90 Å². The zero-order chi connectivity index (χ0) is 12.8. The number of benzene rings is 1. The zero-order valence-electron chi connectivity index (χ0n) is 9.62. The van der Waals surface area contributed by atoms with E-state index in [1.54, 1.807) is 32.2 Å². The van der Waals surface area contributed by atoms with Crippen LogP contribution in [-0.4, -0.2) is 18.1 Å². The van der Waals surface area contributed by atoms with Gasteiger partial charge in [0.1, 0.15) is 0 Å². The number of hydrogen-bond acceptors (Lipinski definition) is 2. The summed E-state index contributed by atoms with van der Waals surface area (Å²) < 4.78 is 0. The molecule has 1 aromatic rings. The van der Waals surface area contributed by atoms with Crippen molar-refractivity contribution in [2.24, 2.45) is 0 Å². The molecule has 0 radical (unpaired) electrons. The first kappa shape index (κ1) is 11.9. The maximum absolute atomic E-state index is 12.2. The third-order valence-electron chi connectivity index (χ3n) is 3.13. The SMILES string of the molecule is C=C=C(C)C1(O)C(=O)N(C)c2c(Cl)cccc21. The number of rotatable bonds is 1. The summed E-state index contributed by atoms with van der Waals surface area (Å²) in [4.78, 5) is 13.5. The van der Waals surface area contributed by atoms with Crippen LogP contribution in [0.1, 0.15) is 12.5 Å². The molecule has 88 valence electrons. The second kappa shape index (κ2) is 3.74. The number of carbonyl (C=O) groups excluding carboxylic acids is 1. The van der Waals surface area contributed by atoms with Crippen molar-refractivity contribution in [3.63, 3.8) is 0 Å². The highest BCUT2D eigenvalue weighted by Gasteiger charge is 2.50. The molecule has 1 amide bonds. The third-order valence-corrected chi connectivity index (χ3v) is 3.44. The van der Waals surface area contributed by atoms with Gasteiger partial charge in [0, 0.05) is 18.2 Å². The Kier molecular flexibility index (Phi) is 2.63. The molecule has 4 heteroatoms. The molecular weight excluding hydrogens is 238 g/mol. The molecule has 0 saturated heterocycles. The third kappa shape index (κ3) is 1.37. The van der Waals surface area contributed by atoms with Crippen molar-refractivity contribution in [3.05, 3.63) is 46.7 Å². The molecule has 0 aromatic heterocycles. The Morgan fingerprint density at radius 3 is 2.82 bits per heavy atom. The number of likely N-dealkylation sites (N-methyl/N-ethyl adjacent to an activating group) is 1. The Balaban J connectivity index is 2.81. The minimum Gasteiger partial charge on any atom is -0.371 e. The number of aliphatic hydroxyl groups is 1. The smallest absolute Gasteiger partial charge is 0.268 e. The lowest BCUT2D eigenvalue weighted by Gasteiger charge is -2.21. The van der Waals surface area contributed by atoms with Gasteiger partial charge in [-0.25, -0.2) is 0 Å². The normalized spacial score (nSPS) is 22.4. The van der Waals surface area contributed by atoms with E-state index in [1.807, 2.05) is 0 Å². The fourth-order valence-electron chi connectivity index (χ4n) is 2.10. The van der Waals surface area contributed by atoms with Crippen molar-refractivity contribution < 1.29 is 9.90 Å². The summed E-state index contributed by atoms with van der Waals surface area (Å²) in [6.45, 7) is 5.10. The van der Waals surface area contributed by atoms with E-state index >= 15 is 0 Å². The van der Waals surface area contributed by atoms with Gasteiger partial charge in [0.15, 0.2) is 5.60 Å². The largest absolute Gasteiger partial charge is 0.371 e. The molecule has 2 rings (SSSR count). The highest BCUT2D eigenvalue weighted by Crippen LogP contribution is 2.46. The number of halogens is 1. The van der Waals surface area contributed by atoms with Gasteiger partial charge in [-0.3, -0.25) is 4.79 Å². The summed E-state index contributed by atoms with van der Waals surface area (Å²) in [5.74, 6) is -0.436. The second-order valence-corrected chi connectivity index (χ2v) is 4.42. The van der Waals surface area contributed by atoms with Crippen LogP contribution in [0.3, 0.4) is 0 Å². The van der Waals surface area contributed by atoms with Gasteiger partial charge in [0.25, 0.3) is 5.91 Å². The van der Waals surface area contributed by atoms with E-state index in [4.69, 9.17) is 11.6 Å². The quantitative estimate of drug-likeness (QED) is 0.776. The van der Waals surface area contributed by atoms with Crippen molar-refractivity contribution in [1.29, 1.82) is 0 Å². The monoisotopic (exact) mass is 249 g/mol. The summed E-state index contributed by atoms with van der Waals surface area (Å²) >= 11 is 6.05. The summed E-state index contributed by atoms with van der Waals surface area (Å²) in [7, 11) is 1.58. The highest BCUT2D eigenvalue weighted by atomic mass is 35.5. The van der Waals surface area contributed by atoms with Gasteiger partial charge in [0.05, 0.1) is 10.7 Å². The molecule has 1 unspecified atom stereocenters. The number of carbonyl (C=O) groups is 1. The number of para-hydroxylation sites is 1. The Morgan fingerprint density at radius 2 is 2.24 bits per heavy atom. The minimum absolute atomic E-state index is 0.371. The maximum atomic E-state index is 12.2.